The van der Waals surface area contributed by atoms with E-state index in [1.165, 1.54) is 49.6 Å². The van der Waals surface area contributed by atoms with Crippen LogP contribution in [0.25, 0.3) is 6.08 Å². The van der Waals surface area contributed by atoms with Gasteiger partial charge in [-0.05, 0) is 72.3 Å². The zero-order valence-electron chi connectivity index (χ0n) is 19.6. The van der Waals surface area contributed by atoms with E-state index in [1.54, 1.807) is 24.3 Å². The number of hydrogen-bond donors (Lipinski definition) is 2. The van der Waals surface area contributed by atoms with Gasteiger partial charge >= 0.3 is 6.03 Å². The summed E-state index contributed by atoms with van der Waals surface area (Å²) < 4.78 is 25.2. The van der Waals surface area contributed by atoms with Crippen molar-refractivity contribution in [1.82, 2.24) is 5.32 Å². The third kappa shape index (κ3) is 6.09. The highest BCUT2D eigenvalue weighted by Gasteiger charge is 2.37. The molecule has 0 aliphatic carbocycles. The Hall–Kier alpha value is -4.03. The molecule has 0 unspecified atom stereocenters. The molecule has 0 radical (unpaired) electrons. The molecule has 0 spiro atoms. The van der Waals surface area contributed by atoms with Crippen LogP contribution < -0.4 is 25.0 Å². The number of nitrogens with zero attached hydrogens (tertiary/aromatic N) is 1. The average Bonchev–Trinajstić information content (AvgIpc) is 2.88. The Bertz CT molecular complexity index is 1460. The molecule has 1 heterocycles. The molecule has 1 aliphatic rings. The minimum Gasteiger partial charge on any atom is -0.493 e. The van der Waals surface area contributed by atoms with E-state index < -0.39 is 29.6 Å². The summed E-state index contributed by atoms with van der Waals surface area (Å²) in [5, 5.41) is 4.75. The lowest BCUT2D eigenvalue weighted by atomic mass is 10.1. The average molecular weight is 647 g/mol. The zero-order valence-corrected chi connectivity index (χ0v) is 22.8. The van der Waals surface area contributed by atoms with E-state index in [2.05, 4.69) is 42.5 Å². The lowest BCUT2D eigenvalue weighted by Crippen LogP contribution is -2.54. The van der Waals surface area contributed by atoms with Gasteiger partial charge in [-0.15, -0.1) is 0 Å². The minimum absolute atomic E-state index is 0.210. The van der Waals surface area contributed by atoms with E-state index in [4.69, 9.17) is 9.47 Å². The number of carbonyl (C=O) groups is 4. The molecule has 0 saturated carbocycles. The number of amides is 5. The zero-order chi connectivity index (χ0) is 27.4. The summed E-state index contributed by atoms with van der Waals surface area (Å²) in [5.74, 6) is -2.13. The summed E-state index contributed by atoms with van der Waals surface area (Å²) in [6, 6.07) is 13.9. The maximum absolute atomic E-state index is 13.1. The number of imide groups is 2. The molecule has 0 bridgehead atoms. The molecule has 1 fully saturated rings. The van der Waals surface area contributed by atoms with Crippen LogP contribution in [0.15, 0.2) is 75.2 Å². The summed E-state index contributed by atoms with van der Waals surface area (Å²) in [6.07, 6.45) is 1.31. The van der Waals surface area contributed by atoms with E-state index in [0.717, 1.165) is 9.37 Å². The number of carbonyl (C=O) groups excluding carboxylic acids is 4. The van der Waals surface area contributed by atoms with Gasteiger partial charge in [0.25, 0.3) is 17.7 Å². The molecule has 38 heavy (non-hydrogen) atoms. The molecule has 9 nitrogen and oxygen atoms in total. The maximum atomic E-state index is 13.1. The predicted octanol–water partition coefficient (Wildman–Crippen LogP) is 5.04. The van der Waals surface area contributed by atoms with Crippen LogP contribution in [0.5, 0.6) is 11.5 Å². The third-order valence-corrected chi connectivity index (χ3v) is 6.47. The van der Waals surface area contributed by atoms with E-state index >= 15 is 0 Å². The molecule has 2 N–H and O–H groups in total. The number of halogens is 3. The monoisotopic (exact) mass is 645 g/mol. The Morgan fingerprint density at radius 2 is 1.71 bits per heavy atom. The fourth-order valence-corrected chi connectivity index (χ4v) is 4.15. The van der Waals surface area contributed by atoms with Gasteiger partial charge in [0.05, 0.1) is 12.8 Å². The lowest BCUT2D eigenvalue weighted by Gasteiger charge is -2.26. The number of methoxy groups -OCH3 is 1. The normalized spacial score (nSPS) is 14.4. The van der Waals surface area contributed by atoms with Crippen molar-refractivity contribution in [2.45, 2.75) is 0 Å². The molecule has 5 amide bonds. The van der Waals surface area contributed by atoms with Gasteiger partial charge in [0.2, 0.25) is 0 Å². The fraction of sp³-hybridized carbons (Fsp3) is 0.0769. The molecule has 1 saturated heterocycles. The minimum atomic E-state index is -0.862. The van der Waals surface area contributed by atoms with Crippen LogP contribution in [0.2, 0.25) is 0 Å². The quantitative estimate of drug-likeness (QED) is 0.275. The number of ether oxygens (including phenoxy) is 2. The second-order valence-corrected chi connectivity index (χ2v) is 9.57. The highest BCUT2D eigenvalue weighted by atomic mass is 79.9. The van der Waals surface area contributed by atoms with E-state index in [9.17, 15) is 23.6 Å². The van der Waals surface area contributed by atoms with Gasteiger partial charge < -0.3 is 14.8 Å². The fourth-order valence-electron chi connectivity index (χ4n) is 3.45. The summed E-state index contributed by atoms with van der Waals surface area (Å²) in [4.78, 5) is 51.2. The second kappa shape index (κ2) is 11.6. The largest absolute Gasteiger partial charge is 0.493 e. The van der Waals surface area contributed by atoms with Crippen LogP contribution in [-0.4, -0.2) is 37.5 Å². The Kier molecular flexibility index (Phi) is 8.23. The molecular weight excluding hydrogens is 629 g/mol. The number of anilines is 2. The molecule has 1 aliphatic heterocycles. The molecule has 3 aromatic rings. The van der Waals surface area contributed by atoms with Crippen LogP contribution in [0.4, 0.5) is 20.6 Å². The Labute approximate surface area is 232 Å². The van der Waals surface area contributed by atoms with Gasteiger partial charge in [-0.1, -0.05) is 31.9 Å². The van der Waals surface area contributed by atoms with Crippen LogP contribution in [0, 0.1) is 5.82 Å². The van der Waals surface area contributed by atoms with Gasteiger partial charge in [-0.2, -0.15) is 0 Å². The van der Waals surface area contributed by atoms with Crippen molar-refractivity contribution in [3.8, 4) is 11.5 Å². The van der Waals surface area contributed by atoms with Crippen LogP contribution in [-0.2, 0) is 14.4 Å². The smallest absolute Gasteiger partial charge is 0.335 e. The van der Waals surface area contributed by atoms with Gasteiger partial charge in [0, 0.05) is 14.6 Å². The highest BCUT2D eigenvalue weighted by molar-refractivity contribution is 9.10. The van der Waals surface area contributed by atoms with Gasteiger partial charge in [0.1, 0.15) is 11.4 Å². The molecular formula is C26H18Br2FN3O6. The van der Waals surface area contributed by atoms with Gasteiger partial charge in [-0.25, -0.2) is 14.1 Å². The predicted molar refractivity (Wildman–Crippen MR) is 144 cm³/mol. The summed E-state index contributed by atoms with van der Waals surface area (Å²) in [5.41, 5.74) is 0.797. The highest BCUT2D eigenvalue weighted by Crippen LogP contribution is 2.35. The first-order chi connectivity index (χ1) is 18.2. The van der Waals surface area contributed by atoms with Crippen molar-refractivity contribution in [2.24, 2.45) is 0 Å². The molecule has 3 aromatic carbocycles. The molecule has 0 atom stereocenters. The lowest BCUT2D eigenvalue weighted by molar-refractivity contribution is -0.122. The second-order valence-electron chi connectivity index (χ2n) is 7.80. The molecule has 194 valence electrons. The summed E-state index contributed by atoms with van der Waals surface area (Å²) >= 11 is 6.68. The standard InChI is InChI=1S/C26H18Br2FN3O6/c1-37-21-11-14(20(28)12-22(21)38-13-23(33)30-17-6-4-16(29)5-7-17)10-19-24(34)31-26(36)32(25(19)35)18-8-2-15(27)3-9-18/h2-12H,13H2,1H3,(H,30,33)(H,31,34,36)/b19-10+. The number of barbiturate groups is 1. The van der Waals surface area contributed by atoms with Crippen LogP contribution in [0.3, 0.4) is 0 Å². The van der Waals surface area contributed by atoms with Crippen LogP contribution in [0.1, 0.15) is 5.56 Å². The van der Waals surface area contributed by atoms with E-state index in [0.29, 0.717) is 15.7 Å². The van der Waals surface area contributed by atoms with Gasteiger partial charge in [0.15, 0.2) is 18.1 Å². The number of urea groups is 1. The van der Waals surface area contributed by atoms with Gasteiger partial charge in [-0.3, -0.25) is 19.7 Å². The Balaban J connectivity index is 1.55. The van der Waals surface area contributed by atoms with E-state index in [-0.39, 0.29) is 29.4 Å². The number of benzene rings is 3. The number of nitrogens with one attached hydrogen (secondary N) is 2. The number of rotatable bonds is 7. The molecule has 0 aromatic heterocycles. The van der Waals surface area contributed by atoms with Crippen molar-refractivity contribution in [2.75, 3.05) is 23.9 Å². The van der Waals surface area contributed by atoms with Crippen molar-refractivity contribution < 1.29 is 33.0 Å². The summed E-state index contributed by atoms with van der Waals surface area (Å²) in [6.45, 7) is -0.369. The first kappa shape index (κ1) is 27.0. The SMILES string of the molecule is COc1cc(/C=C2\C(=O)NC(=O)N(c3ccc(Br)cc3)C2=O)c(Br)cc1OCC(=O)Nc1ccc(F)cc1. The van der Waals surface area contributed by atoms with E-state index in [1.807, 2.05) is 0 Å². The molecule has 12 heteroatoms. The first-order valence-electron chi connectivity index (χ1n) is 10.9. The first-order valence-corrected chi connectivity index (χ1v) is 12.5. The maximum Gasteiger partial charge on any atom is 0.335 e. The third-order valence-electron chi connectivity index (χ3n) is 5.26. The topological polar surface area (TPSA) is 114 Å². The van der Waals surface area contributed by atoms with Crippen molar-refractivity contribution in [1.29, 1.82) is 0 Å². The Morgan fingerprint density at radius 1 is 1.03 bits per heavy atom. The Morgan fingerprint density at radius 3 is 2.37 bits per heavy atom. The van der Waals surface area contributed by atoms with Crippen LogP contribution >= 0.6 is 31.9 Å². The van der Waals surface area contributed by atoms with Crippen molar-refractivity contribution in [3.05, 3.63) is 86.6 Å². The van der Waals surface area contributed by atoms with Crippen molar-refractivity contribution >= 4 is 73.1 Å². The summed E-state index contributed by atoms with van der Waals surface area (Å²) in [7, 11) is 1.39. The van der Waals surface area contributed by atoms with Crippen molar-refractivity contribution in [3.63, 3.8) is 0 Å². The molecule has 4 rings (SSSR count). The number of hydrogen-bond acceptors (Lipinski definition) is 6.